The fourth-order valence-electron chi connectivity index (χ4n) is 3.38. The third kappa shape index (κ3) is 4.12. The molecule has 2 aromatic rings. The number of amidine groups is 1. The lowest BCUT2D eigenvalue weighted by Crippen LogP contribution is -2.37. The fourth-order valence-corrected chi connectivity index (χ4v) is 7.58. The molecule has 0 spiro atoms. The summed E-state index contributed by atoms with van der Waals surface area (Å²) >= 11 is 4.81. The van der Waals surface area contributed by atoms with Crippen LogP contribution < -0.4 is 4.90 Å². The van der Waals surface area contributed by atoms with Gasteiger partial charge in [0.05, 0.1) is 24.0 Å². The van der Waals surface area contributed by atoms with E-state index >= 15 is 0 Å². The van der Waals surface area contributed by atoms with Crippen molar-refractivity contribution in [1.29, 1.82) is 0 Å². The number of amides is 1. The fraction of sp³-hybridized carbons (Fsp3) is 0.263. The van der Waals surface area contributed by atoms with Gasteiger partial charge in [0, 0.05) is 15.4 Å². The van der Waals surface area contributed by atoms with E-state index in [-0.39, 0.29) is 35.1 Å². The van der Waals surface area contributed by atoms with Gasteiger partial charge in [-0.05, 0) is 29.8 Å². The monoisotopic (exact) mass is 464 g/mol. The summed E-state index contributed by atoms with van der Waals surface area (Å²) in [4.78, 5) is 18.7. The van der Waals surface area contributed by atoms with Gasteiger partial charge in [-0.15, -0.1) is 0 Å². The van der Waals surface area contributed by atoms with Crippen LogP contribution in [-0.4, -0.2) is 42.3 Å². The molecule has 0 saturated carbocycles. The summed E-state index contributed by atoms with van der Waals surface area (Å²) in [5, 5.41) is 0.491. The van der Waals surface area contributed by atoms with Gasteiger partial charge in [-0.25, -0.2) is 8.42 Å². The van der Waals surface area contributed by atoms with Crippen LogP contribution in [0.1, 0.15) is 5.56 Å². The maximum Gasteiger partial charge on any atom is 0.252 e. The number of hydrogen-bond acceptors (Lipinski definition) is 4. The van der Waals surface area contributed by atoms with Gasteiger partial charge >= 0.3 is 0 Å². The van der Waals surface area contributed by atoms with E-state index in [9.17, 15) is 13.2 Å². The second kappa shape index (κ2) is 7.41. The first-order chi connectivity index (χ1) is 12.9. The standard InChI is InChI=1S/C19H17BrN2O3S2/c20-14-6-8-15(9-7-14)22-16-11-27(24,25)12-17(16)26-19(22)21-18(23)10-13-4-2-1-3-5-13/h1-9,16-17H,10-12H2/t16-,17+/m0/s1. The smallest absolute Gasteiger partial charge is 0.252 e. The van der Waals surface area contributed by atoms with E-state index in [4.69, 9.17) is 0 Å². The van der Waals surface area contributed by atoms with Crippen LogP contribution in [0.3, 0.4) is 0 Å². The van der Waals surface area contributed by atoms with Crippen LogP contribution in [0.4, 0.5) is 5.69 Å². The van der Waals surface area contributed by atoms with Crippen LogP contribution in [0.25, 0.3) is 0 Å². The molecule has 1 amide bonds. The summed E-state index contributed by atoms with van der Waals surface area (Å²) in [6.45, 7) is 0. The van der Waals surface area contributed by atoms with E-state index in [1.807, 2.05) is 59.5 Å². The maximum atomic E-state index is 12.5. The molecule has 4 rings (SSSR count). The second-order valence-corrected chi connectivity index (χ2v) is 10.9. The summed E-state index contributed by atoms with van der Waals surface area (Å²) in [6.07, 6.45) is 0.229. The number of carbonyl (C=O) groups is 1. The summed E-state index contributed by atoms with van der Waals surface area (Å²) in [5.41, 5.74) is 1.76. The number of benzene rings is 2. The normalized spacial score (nSPS) is 24.9. The van der Waals surface area contributed by atoms with Crippen molar-refractivity contribution >= 4 is 54.3 Å². The van der Waals surface area contributed by atoms with Gasteiger partial charge in [-0.1, -0.05) is 58.0 Å². The molecule has 5 nitrogen and oxygen atoms in total. The van der Waals surface area contributed by atoms with Crippen molar-refractivity contribution in [2.45, 2.75) is 17.7 Å². The molecule has 0 radical (unpaired) electrons. The zero-order valence-corrected chi connectivity index (χ0v) is 17.5. The van der Waals surface area contributed by atoms with Crippen molar-refractivity contribution < 1.29 is 13.2 Å². The SMILES string of the molecule is O=C(Cc1ccccc1)N=C1S[C@@H]2CS(=O)(=O)C[C@@H]2N1c1ccc(Br)cc1. The Morgan fingerprint density at radius 1 is 1.11 bits per heavy atom. The van der Waals surface area contributed by atoms with Crippen molar-refractivity contribution in [3.63, 3.8) is 0 Å². The molecule has 2 saturated heterocycles. The van der Waals surface area contributed by atoms with Gasteiger partial charge < -0.3 is 4.90 Å². The molecule has 2 heterocycles. The zero-order chi connectivity index (χ0) is 19.0. The van der Waals surface area contributed by atoms with Gasteiger partial charge in [0.2, 0.25) is 0 Å². The molecule has 140 valence electrons. The van der Waals surface area contributed by atoms with Crippen LogP contribution in [0.2, 0.25) is 0 Å². The van der Waals surface area contributed by atoms with Gasteiger partial charge in [0.25, 0.3) is 5.91 Å². The molecular weight excluding hydrogens is 448 g/mol. The van der Waals surface area contributed by atoms with Crippen LogP contribution in [0.15, 0.2) is 64.1 Å². The van der Waals surface area contributed by atoms with Crippen molar-refractivity contribution in [1.82, 2.24) is 0 Å². The first-order valence-corrected chi connectivity index (χ1v) is 12.0. The van der Waals surface area contributed by atoms with E-state index in [0.717, 1.165) is 15.7 Å². The van der Waals surface area contributed by atoms with E-state index in [1.54, 1.807) is 0 Å². The van der Waals surface area contributed by atoms with Crippen LogP contribution in [0.5, 0.6) is 0 Å². The number of sulfone groups is 1. The minimum Gasteiger partial charge on any atom is -0.316 e. The molecule has 2 atom stereocenters. The molecule has 0 aromatic heterocycles. The Morgan fingerprint density at radius 3 is 2.52 bits per heavy atom. The van der Waals surface area contributed by atoms with Crippen LogP contribution >= 0.6 is 27.7 Å². The van der Waals surface area contributed by atoms with Crippen molar-refractivity contribution in [3.8, 4) is 0 Å². The van der Waals surface area contributed by atoms with Gasteiger partial charge in [-0.2, -0.15) is 4.99 Å². The highest BCUT2D eigenvalue weighted by molar-refractivity contribution is 9.10. The number of fused-ring (bicyclic) bond motifs is 1. The number of aliphatic imine (C=N–C) groups is 1. The van der Waals surface area contributed by atoms with Crippen molar-refractivity contribution in [3.05, 3.63) is 64.6 Å². The number of rotatable bonds is 3. The molecule has 2 aliphatic heterocycles. The number of thioether (sulfide) groups is 1. The highest BCUT2D eigenvalue weighted by Gasteiger charge is 2.49. The predicted octanol–water partition coefficient (Wildman–Crippen LogP) is 3.29. The molecule has 0 aliphatic carbocycles. The third-order valence-electron chi connectivity index (χ3n) is 4.59. The van der Waals surface area contributed by atoms with Crippen molar-refractivity contribution in [2.24, 2.45) is 4.99 Å². The lowest BCUT2D eigenvalue weighted by molar-refractivity contribution is -0.117. The molecule has 0 N–H and O–H groups in total. The van der Waals surface area contributed by atoms with E-state index in [2.05, 4.69) is 20.9 Å². The highest BCUT2D eigenvalue weighted by Crippen LogP contribution is 2.41. The Hall–Kier alpha value is -1.64. The minimum absolute atomic E-state index is 0.0899. The van der Waals surface area contributed by atoms with Crippen molar-refractivity contribution in [2.75, 3.05) is 16.4 Å². The molecular formula is C19H17BrN2O3S2. The molecule has 2 aromatic carbocycles. The quantitative estimate of drug-likeness (QED) is 0.696. The summed E-state index contributed by atoms with van der Waals surface area (Å²) in [6, 6.07) is 16.9. The lowest BCUT2D eigenvalue weighted by atomic mass is 10.1. The minimum atomic E-state index is -3.07. The molecule has 8 heteroatoms. The van der Waals surface area contributed by atoms with E-state index in [0.29, 0.717) is 5.17 Å². The number of halogens is 1. The summed E-state index contributed by atoms with van der Waals surface area (Å²) in [5.74, 6) is -0.0120. The Morgan fingerprint density at radius 2 is 1.81 bits per heavy atom. The topological polar surface area (TPSA) is 66.8 Å². The molecule has 0 bridgehead atoms. The number of carbonyl (C=O) groups excluding carboxylic acids is 1. The Labute approximate surface area is 170 Å². The first kappa shape index (κ1) is 18.7. The molecule has 0 unspecified atom stereocenters. The number of nitrogens with zero attached hydrogens (tertiary/aromatic N) is 2. The predicted molar refractivity (Wildman–Crippen MR) is 113 cm³/mol. The second-order valence-electron chi connectivity index (χ2n) is 6.60. The van der Waals surface area contributed by atoms with E-state index in [1.165, 1.54) is 11.8 Å². The number of hydrogen-bond donors (Lipinski definition) is 0. The summed E-state index contributed by atoms with van der Waals surface area (Å²) in [7, 11) is -3.07. The number of anilines is 1. The molecule has 2 fully saturated rings. The molecule has 27 heavy (non-hydrogen) atoms. The van der Waals surface area contributed by atoms with Gasteiger partial charge in [0.1, 0.15) is 0 Å². The average molecular weight is 465 g/mol. The van der Waals surface area contributed by atoms with E-state index < -0.39 is 9.84 Å². The van der Waals surface area contributed by atoms with Crippen LogP contribution in [-0.2, 0) is 21.1 Å². The molecule has 2 aliphatic rings. The van der Waals surface area contributed by atoms with Crippen LogP contribution in [0, 0.1) is 0 Å². The first-order valence-electron chi connectivity index (χ1n) is 8.49. The maximum absolute atomic E-state index is 12.5. The largest absolute Gasteiger partial charge is 0.316 e. The highest BCUT2D eigenvalue weighted by atomic mass is 79.9. The Balaban J connectivity index is 1.64. The third-order valence-corrected chi connectivity index (χ3v) is 8.33. The van der Waals surface area contributed by atoms with Gasteiger partial charge in [0.15, 0.2) is 15.0 Å². The zero-order valence-electron chi connectivity index (χ0n) is 14.3. The van der Waals surface area contributed by atoms with Gasteiger partial charge in [-0.3, -0.25) is 4.79 Å². The Bertz CT molecular complexity index is 991. The summed E-state index contributed by atoms with van der Waals surface area (Å²) < 4.78 is 25.1. The lowest BCUT2D eigenvalue weighted by Gasteiger charge is -2.24. The average Bonchev–Trinajstić information content (AvgIpc) is 3.07. The Kier molecular flexibility index (Phi) is 5.13.